The van der Waals surface area contributed by atoms with E-state index in [2.05, 4.69) is 5.16 Å². The lowest BCUT2D eigenvalue weighted by atomic mass is 9.73. The molecule has 0 unspecified atom stereocenters. The van der Waals surface area contributed by atoms with E-state index in [-0.39, 0.29) is 11.8 Å². The molecule has 0 aromatic heterocycles. The fraction of sp³-hybridized carbons (Fsp3) is 0.375. The summed E-state index contributed by atoms with van der Waals surface area (Å²) in [7, 11) is 3.11. The monoisotopic (exact) mass is 313 g/mol. The van der Waals surface area contributed by atoms with Gasteiger partial charge in [-0.3, -0.25) is 19.3 Å². The Balaban J connectivity index is 1.87. The Labute approximate surface area is 132 Å². The zero-order chi connectivity index (χ0) is 16.5. The SMILES string of the molecule is CN1C(=O)[C@@H]2C([C@@]3(C)C(=O)N(C)c4ccccc43)=NO[C@H]2C1=O. The summed E-state index contributed by atoms with van der Waals surface area (Å²) in [4.78, 5) is 45.2. The molecule has 3 atom stereocenters. The van der Waals surface area contributed by atoms with Crippen molar-refractivity contribution in [3.8, 4) is 0 Å². The number of benzene rings is 1. The molecular weight excluding hydrogens is 298 g/mol. The number of hydrogen-bond acceptors (Lipinski definition) is 5. The minimum Gasteiger partial charge on any atom is -0.381 e. The van der Waals surface area contributed by atoms with Gasteiger partial charge in [-0.05, 0) is 18.6 Å². The molecule has 7 heteroatoms. The topological polar surface area (TPSA) is 79.3 Å². The quantitative estimate of drug-likeness (QED) is 0.698. The van der Waals surface area contributed by atoms with Crippen molar-refractivity contribution in [2.24, 2.45) is 11.1 Å². The summed E-state index contributed by atoms with van der Waals surface area (Å²) < 4.78 is 0. The molecule has 1 aromatic rings. The highest BCUT2D eigenvalue weighted by Crippen LogP contribution is 2.46. The number of carbonyl (C=O) groups excluding carboxylic acids is 3. The smallest absolute Gasteiger partial charge is 0.274 e. The van der Waals surface area contributed by atoms with Crippen LogP contribution in [0.2, 0.25) is 0 Å². The number of amides is 3. The van der Waals surface area contributed by atoms with Crippen LogP contribution in [0.15, 0.2) is 29.4 Å². The fourth-order valence-corrected chi connectivity index (χ4v) is 3.72. The summed E-state index contributed by atoms with van der Waals surface area (Å²) >= 11 is 0. The minimum absolute atomic E-state index is 0.184. The van der Waals surface area contributed by atoms with Crippen molar-refractivity contribution in [1.29, 1.82) is 0 Å². The standard InChI is InChI=1S/C16H15N3O4/c1-16(8-6-4-5-7-9(8)18(2)15(16)22)12-10-11(23-17-12)14(21)19(3)13(10)20/h4-7,10-11H,1-3H3/t10-,11+,16-/m0/s1. The highest BCUT2D eigenvalue weighted by Gasteiger charge is 2.62. The number of para-hydroxylation sites is 1. The number of rotatable bonds is 1. The lowest BCUT2D eigenvalue weighted by molar-refractivity contribution is -0.140. The van der Waals surface area contributed by atoms with Crippen LogP contribution in [0.25, 0.3) is 0 Å². The van der Waals surface area contributed by atoms with Gasteiger partial charge in [-0.1, -0.05) is 23.4 Å². The van der Waals surface area contributed by atoms with Crippen LogP contribution < -0.4 is 4.90 Å². The van der Waals surface area contributed by atoms with Gasteiger partial charge in [0.25, 0.3) is 5.91 Å². The van der Waals surface area contributed by atoms with Crippen molar-refractivity contribution in [2.45, 2.75) is 18.4 Å². The van der Waals surface area contributed by atoms with Crippen LogP contribution in [0.3, 0.4) is 0 Å². The number of likely N-dealkylation sites (N-methyl/N-ethyl adjacent to an activating group) is 2. The first-order valence-electron chi connectivity index (χ1n) is 7.32. The number of oxime groups is 1. The molecule has 3 heterocycles. The molecule has 0 bridgehead atoms. The molecule has 0 N–H and O–H groups in total. The zero-order valence-electron chi connectivity index (χ0n) is 12.9. The average Bonchev–Trinajstić information content (AvgIpc) is 3.15. The van der Waals surface area contributed by atoms with E-state index in [1.54, 1.807) is 18.9 Å². The molecule has 23 heavy (non-hydrogen) atoms. The van der Waals surface area contributed by atoms with Gasteiger partial charge >= 0.3 is 0 Å². The first-order chi connectivity index (χ1) is 10.9. The van der Waals surface area contributed by atoms with Gasteiger partial charge in [-0.25, -0.2) is 0 Å². The summed E-state index contributed by atoms with van der Waals surface area (Å²) in [5.41, 5.74) is 0.750. The van der Waals surface area contributed by atoms with Crippen molar-refractivity contribution in [1.82, 2.24) is 4.90 Å². The van der Waals surface area contributed by atoms with Gasteiger partial charge in [0.1, 0.15) is 11.3 Å². The molecule has 4 rings (SSSR count). The highest BCUT2D eigenvalue weighted by molar-refractivity contribution is 6.30. The van der Waals surface area contributed by atoms with E-state index in [9.17, 15) is 14.4 Å². The number of hydrogen-bond donors (Lipinski definition) is 0. The first-order valence-corrected chi connectivity index (χ1v) is 7.32. The second-order valence-corrected chi connectivity index (χ2v) is 6.22. The van der Waals surface area contributed by atoms with Crippen LogP contribution in [0.5, 0.6) is 0 Å². The third kappa shape index (κ3) is 1.44. The Kier molecular flexibility index (Phi) is 2.53. The number of fused-ring (bicyclic) bond motifs is 2. The molecule has 0 saturated carbocycles. The third-order valence-electron chi connectivity index (χ3n) is 5.08. The lowest BCUT2D eigenvalue weighted by Crippen LogP contribution is -2.47. The Morgan fingerprint density at radius 1 is 1.09 bits per heavy atom. The van der Waals surface area contributed by atoms with Crippen molar-refractivity contribution in [3.63, 3.8) is 0 Å². The highest BCUT2D eigenvalue weighted by atomic mass is 16.7. The maximum atomic E-state index is 12.9. The molecule has 0 spiro atoms. The molecule has 3 aliphatic rings. The summed E-state index contributed by atoms with van der Waals surface area (Å²) in [6, 6.07) is 7.38. The summed E-state index contributed by atoms with van der Waals surface area (Å²) in [6.45, 7) is 1.73. The zero-order valence-corrected chi connectivity index (χ0v) is 12.9. The van der Waals surface area contributed by atoms with E-state index in [1.807, 2.05) is 24.3 Å². The van der Waals surface area contributed by atoms with E-state index in [0.29, 0.717) is 5.71 Å². The maximum Gasteiger partial charge on any atom is 0.274 e. The molecule has 0 radical (unpaired) electrons. The molecule has 3 aliphatic heterocycles. The Bertz CT molecular complexity index is 802. The molecule has 1 saturated heterocycles. The summed E-state index contributed by atoms with van der Waals surface area (Å²) in [6.07, 6.45) is -0.954. The van der Waals surface area contributed by atoms with Gasteiger partial charge in [0.2, 0.25) is 17.9 Å². The minimum atomic E-state index is -1.11. The van der Waals surface area contributed by atoms with E-state index in [4.69, 9.17) is 4.84 Å². The van der Waals surface area contributed by atoms with Gasteiger partial charge in [0.05, 0.1) is 5.71 Å². The molecule has 118 valence electrons. The molecule has 1 fully saturated rings. The van der Waals surface area contributed by atoms with Crippen LogP contribution >= 0.6 is 0 Å². The van der Waals surface area contributed by atoms with Crippen LogP contribution in [0.1, 0.15) is 12.5 Å². The van der Waals surface area contributed by atoms with Gasteiger partial charge in [-0.2, -0.15) is 0 Å². The number of likely N-dealkylation sites (tertiary alicyclic amines) is 1. The van der Waals surface area contributed by atoms with Crippen LogP contribution in [0, 0.1) is 5.92 Å². The second-order valence-electron chi connectivity index (χ2n) is 6.22. The maximum absolute atomic E-state index is 12.9. The van der Waals surface area contributed by atoms with E-state index in [0.717, 1.165) is 16.2 Å². The molecule has 7 nitrogen and oxygen atoms in total. The van der Waals surface area contributed by atoms with Crippen LogP contribution in [-0.4, -0.2) is 48.5 Å². The Morgan fingerprint density at radius 3 is 2.52 bits per heavy atom. The fourth-order valence-electron chi connectivity index (χ4n) is 3.72. The van der Waals surface area contributed by atoms with Gasteiger partial charge in [0.15, 0.2) is 0 Å². The Morgan fingerprint density at radius 2 is 1.78 bits per heavy atom. The van der Waals surface area contributed by atoms with Gasteiger partial charge in [0, 0.05) is 19.8 Å². The van der Waals surface area contributed by atoms with Crippen molar-refractivity contribution in [2.75, 3.05) is 19.0 Å². The second kappa shape index (κ2) is 4.18. The number of carbonyl (C=O) groups is 3. The number of anilines is 1. The molecular formula is C16H15N3O4. The van der Waals surface area contributed by atoms with E-state index in [1.165, 1.54) is 7.05 Å². The predicted molar refractivity (Wildman–Crippen MR) is 80.8 cm³/mol. The van der Waals surface area contributed by atoms with Gasteiger partial charge < -0.3 is 9.74 Å². The lowest BCUT2D eigenvalue weighted by Gasteiger charge is -2.24. The molecule has 1 aromatic carbocycles. The van der Waals surface area contributed by atoms with E-state index >= 15 is 0 Å². The van der Waals surface area contributed by atoms with Crippen molar-refractivity contribution in [3.05, 3.63) is 29.8 Å². The normalized spacial score (nSPS) is 32.1. The molecule has 3 amide bonds. The summed E-state index contributed by atoms with van der Waals surface area (Å²) in [5.74, 6) is -1.82. The number of nitrogens with zero attached hydrogens (tertiary/aromatic N) is 3. The molecule has 0 aliphatic carbocycles. The van der Waals surface area contributed by atoms with Crippen LogP contribution in [-0.2, 0) is 24.6 Å². The van der Waals surface area contributed by atoms with E-state index < -0.39 is 23.3 Å². The largest absolute Gasteiger partial charge is 0.381 e. The first kappa shape index (κ1) is 13.9. The Hall–Kier alpha value is -2.70. The number of imide groups is 1. The van der Waals surface area contributed by atoms with Crippen molar-refractivity contribution >= 4 is 29.1 Å². The summed E-state index contributed by atoms with van der Waals surface area (Å²) in [5, 5.41) is 3.99. The third-order valence-corrected chi connectivity index (χ3v) is 5.08. The predicted octanol–water partition coefficient (Wildman–Crippen LogP) is 0.290. The van der Waals surface area contributed by atoms with Gasteiger partial charge in [-0.15, -0.1) is 0 Å². The van der Waals surface area contributed by atoms with Crippen LogP contribution in [0.4, 0.5) is 5.69 Å². The average molecular weight is 313 g/mol. The van der Waals surface area contributed by atoms with Crippen molar-refractivity contribution < 1.29 is 19.2 Å².